The number of methoxy groups -OCH3 is 1. The van der Waals surface area contributed by atoms with Crippen LogP contribution in [0.15, 0.2) is 30.3 Å². The van der Waals surface area contributed by atoms with E-state index in [1.165, 1.54) is 12.0 Å². The molecule has 0 aromatic heterocycles. The first-order valence-corrected chi connectivity index (χ1v) is 10.8. The molecule has 1 aromatic carbocycles. The van der Waals surface area contributed by atoms with Crippen LogP contribution in [-0.2, 0) is 4.74 Å². The van der Waals surface area contributed by atoms with Gasteiger partial charge in [-0.25, -0.2) is 0 Å². The van der Waals surface area contributed by atoms with Gasteiger partial charge < -0.3 is 9.64 Å². The van der Waals surface area contributed by atoms with E-state index >= 15 is 0 Å². The van der Waals surface area contributed by atoms with Crippen molar-refractivity contribution in [3.63, 3.8) is 0 Å². The molecule has 19 heavy (non-hydrogen) atoms. The van der Waals surface area contributed by atoms with Gasteiger partial charge in [-0.05, 0) is 25.6 Å². The fraction of sp³-hybridized carbons (Fsp3) is 0.625. The summed E-state index contributed by atoms with van der Waals surface area (Å²) in [5.74, 6) is 0. The molecule has 0 saturated heterocycles. The van der Waals surface area contributed by atoms with E-state index in [0.29, 0.717) is 5.67 Å². The molecular weight excluding hydrogens is 250 g/mol. The van der Waals surface area contributed by atoms with Crippen molar-refractivity contribution in [3.8, 4) is 0 Å². The Hall–Kier alpha value is -0.643. The van der Waals surface area contributed by atoms with E-state index in [-0.39, 0.29) is 6.10 Å². The Bertz CT molecular complexity index is 361. The Morgan fingerprint density at radius 3 is 2.16 bits per heavy atom. The van der Waals surface area contributed by atoms with Crippen molar-refractivity contribution in [2.24, 2.45) is 0 Å². The molecule has 0 amide bonds. The van der Waals surface area contributed by atoms with Gasteiger partial charge in [-0.3, -0.25) is 0 Å². The van der Waals surface area contributed by atoms with Crippen LogP contribution in [-0.4, -0.2) is 39.3 Å². The maximum atomic E-state index is 5.89. The standard InChI is InChI=1S/C16H29NOSi/c1-7-13-17(2)16(19(4,5)6)15(18-3)14-11-9-8-10-12-14/h8-12,15-16H,7,13H2,1-6H3/t15-,16-/m0/s1. The lowest BCUT2D eigenvalue weighted by Gasteiger charge is -2.41. The van der Waals surface area contributed by atoms with Crippen molar-refractivity contribution >= 4 is 8.07 Å². The maximum absolute atomic E-state index is 5.89. The Morgan fingerprint density at radius 2 is 1.74 bits per heavy atom. The molecule has 0 unspecified atom stereocenters. The van der Waals surface area contributed by atoms with Crippen LogP contribution in [0.1, 0.15) is 25.0 Å². The monoisotopic (exact) mass is 279 g/mol. The summed E-state index contributed by atoms with van der Waals surface area (Å²) in [7, 11) is 2.72. The van der Waals surface area contributed by atoms with Crippen LogP contribution in [0, 0.1) is 0 Å². The number of hydrogen-bond donors (Lipinski definition) is 0. The van der Waals surface area contributed by atoms with E-state index in [1.807, 2.05) is 7.11 Å². The second kappa shape index (κ2) is 7.22. The minimum Gasteiger partial charge on any atom is -0.375 e. The molecule has 0 fully saturated rings. The average molecular weight is 280 g/mol. The molecule has 0 bridgehead atoms. The molecule has 0 aliphatic rings. The molecule has 1 rings (SSSR count). The minimum absolute atomic E-state index is 0.171. The summed E-state index contributed by atoms with van der Waals surface area (Å²) in [5, 5.41) is 0. The highest BCUT2D eigenvalue weighted by Crippen LogP contribution is 2.30. The zero-order valence-corrected chi connectivity index (χ0v) is 14.3. The summed E-state index contributed by atoms with van der Waals surface area (Å²) in [5.41, 5.74) is 1.79. The Labute approximate surface area is 119 Å². The van der Waals surface area contributed by atoms with E-state index in [2.05, 4.69) is 68.8 Å². The predicted molar refractivity (Wildman–Crippen MR) is 86.2 cm³/mol. The van der Waals surface area contributed by atoms with Crippen LogP contribution < -0.4 is 0 Å². The number of benzene rings is 1. The fourth-order valence-corrected chi connectivity index (χ4v) is 5.62. The molecule has 0 aliphatic heterocycles. The van der Waals surface area contributed by atoms with E-state index in [1.54, 1.807) is 0 Å². The first-order chi connectivity index (χ1) is 8.91. The molecule has 0 spiro atoms. The third-order valence-corrected chi connectivity index (χ3v) is 6.13. The van der Waals surface area contributed by atoms with Gasteiger partial charge in [0.15, 0.2) is 0 Å². The largest absolute Gasteiger partial charge is 0.375 e. The number of likely N-dealkylation sites (N-methyl/N-ethyl adjacent to an activating group) is 1. The molecule has 0 heterocycles. The van der Waals surface area contributed by atoms with Crippen LogP contribution in [0.5, 0.6) is 0 Å². The lowest BCUT2D eigenvalue weighted by atomic mass is 10.1. The minimum atomic E-state index is -1.35. The van der Waals surface area contributed by atoms with Gasteiger partial charge in [0.25, 0.3) is 0 Å². The van der Waals surface area contributed by atoms with E-state index < -0.39 is 8.07 Å². The third-order valence-electron chi connectivity index (χ3n) is 3.61. The molecule has 108 valence electrons. The second-order valence-corrected chi connectivity index (χ2v) is 11.7. The van der Waals surface area contributed by atoms with Gasteiger partial charge in [0, 0.05) is 12.8 Å². The zero-order chi connectivity index (χ0) is 14.5. The number of nitrogens with zero attached hydrogens (tertiary/aromatic N) is 1. The molecule has 2 atom stereocenters. The van der Waals surface area contributed by atoms with Crippen LogP contribution in [0.4, 0.5) is 0 Å². The van der Waals surface area contributed by atoms with Crippen LogP contribution in [0.2, 0.25) is 19.6 Å². The molecule has 1 aromatic rings. The quantitative estimate of drug-likeness (QED) is 0.700. The van der Waals surface area contributed by atoms with Crippen LogP contribution >= 0.6 is 0 Å². The number of hydrogen-bond acceptors (Lipinski definition) is 2. The van der Waals surface area contributed by atoms with Crippen molar-refractivity contribution in [3.05, 3.63) is 35.9 Å². The second-order valence-electron chi connectivity index (χ2n) is 6.36. The molecule has 2 nitrogen and oxygen atoms in total. The summed E-state index contributed by atoms with van der Waals surface area (Å²) >= 11 is 0. The normalized spacial score (nSPS) is 15.5. The fourth-order valence-electron chi connectivity index (χ4n) is 2.93. The molecule has 0 aliphatic carbocycles. The topological polar surface area (TPSA) is 12.5 Å². The molecule has 0 N–H and O–H groups in total. The highest BCUT2D eigenvalue weighted by molar-refractivity contribution is 6.77. The number of ether oxygens (including phenoxy) is 1. The van der Waals surface area contributed by atoms with Crippen LogP contribution in [0.25, 0.3) is 0 Å². The van der Waals surface area contributed by atoms with Crippen molar-refractivity contribution in [1.29, 1.82) is 0 Å². The van der Waals surface area contributed by atoms with Gasteiger partial charge in [-0.15, -0.1) is 0 Å². The highest BCUT2D eigenvalue weighted by Gasteiger charge is 2.37. The first-order valence-electron chi connectivity index (χ1n) is 7.19. The summed E-state index contributed by atoms with van der Waals surface area (Å²) in [6, 6.07) is 10.6. The van der Waals surface area contributed by atoms with Gasteiger partial charge in [-0.2, -0.15) is 0 Å². The van der Waals surface area contributed by atoms with Gasteiger partial charge >= 0.3 is 0 Å². The molecule has 3 heteroatoms. The van der Waals surface area contributed by atoms with Gasteiger partial charge in [0.05, 0.1) is 14.2 Å². The van der Waals surface area contributed by atoms with Crippen molar-refractivity contribution in [1.82, 2.24) is 4.90 Å². The van der Waals surface area contributed by atoms with Gasteiger partial charge in [-0.1, -0.05) is 56.9 Å². The molecule has 0 saturated carbocycles. The van der Waals surface area contributed by atoms with E-state index in [0.717, 1.165) is 6.54 Å². The summed E-state index contributed by atoms with van der Waals surface area (Å²) in [4.78, 5) is 2.49. The maximum Gasteiger partial charge on any atom is 0.0949 e. The Morgan fingerprint density at radius 1 is 1.16 bits per heavy atom. The lowest BCUT2D eigenvalue weighted by Crippen LogP contribution is -2.53. The number of rotatable bonds is 7. The lowest BCUT2D eigenvalue weighted by molar-refractivity contribution is 0.0504. The summed E-state index contributed by atoms with van der Waals surface area (Å²) in [6.45, 7) is 10.7. The van der Waals surface area contributed by atoms with E-state index in [9.17, 15) is 0 Å². The van der Waals surface area contributed by atoms with Crippen molar-refractivity contribution in [2.75, 3.05) is 20.7 Å². The van der Waals surface area contributed by atoms with Crippen LogP contribution in [0.3, 0.4) is 0 Å². The van der Waals surface area contributed by atoms with Crippen molar-refractivity contribution < 1.29 is 4.74 Å². The molecule has 0 radical (unpaired) electrons. The Kier molecular flexibility index (Phi) is 6.24. The summed E-state index contributed by atoms with van der Waals surface area (Å²) < 4.78 is 5.89. The smallest absolute Gasteiger partial charge is 0.0949 e. The summed E-state index contributed by atoms with van der Waals surface area (Å²) in [6.07, 6.45) is 1.35. The van der Waals surface area contributed by atoms with Gasteiger partial charge in [0.1, 0.15) is 0 Å². The van der Waals surface area contributed by atoms with Crippen molar-refractivity contribution in [2.45, 2.75) is 44.8 Å². The van der Waals surface area contributed by atoms with E-state index in [4.69, 9.17) is 4.74 Å². The Balaban J connectivity index is 3.07. The van der Waals surface area contributed by atoms with Gasteiger partial charge in [0.2, 0.25) is 0 Å². The predicted octanol–water partition coefficient (Wildman–Crippen LogP) is 3.96. The highest BCUT2D eigenvalue weighted by atomic mass is 28.3. The third kappa shape index (κ3) is 4.44. The average Bonchev–Trinajstić information content (AvgIpc) is 2.35. The first kappa shape index (κ1) is 16.4. The SMILES string of the molecule is CCCN(C)[C@H]([C@@H](OC)c1ccccc1)[Si](C)(C)C. The molecular formula is C16H29NOSi. The zero-order valence-electron chi connectivity index (χ0n) is 13.3.